The fourth-order valence-corrected chi connectivity index (χ4v) is 4.91. The van der Waals surface area contributed by atoms with E-state index in [1.165, 1.54) is 25.7 Å². The Hall–Kier alpha value is -2.50. The molecule has 1 aromatic heterocycles. The van der Waals surface area contributed by atoms with Crippen LogP contribution in [0.15, 0.2) is 18.2 Å². The van der Waals surface area contributed by atoms with Crippen molar-refractivity contribution in [3.8, 4) is 0 Å². The molecular formula is C23H32N4O2. The third-order valence-corrected chi connectivity index (χ3v) is 6.65. The Bertz CT molecular complexity index is 892. The Balaban J connectivity index is 1.54. The summed E-state index contributed by atoms with van der Waals surface area (Å²) in [4.78, 5) is 30.6. The second-order valence-electron chi connectivity index (χ2n) is 8.68. The highest BCUT2D eigenvalue weighted by Crippen LogP contribution is 2.31. The van der Waals surface area contributed by atoms with Crippen LogP contribution in [0.2, 0.25) is 0 Å². The van der Waals surface area contributed by atoms with Crippen LogP contribution >= 0.6 is 0 Å². The normalized spacial score (nSPS) is 18.7. The fraction of sp³-hybridized carbons (Fsp3) is 0.565. The van der Waals surface area contributed by atoms with Crippen molar-refractivity contribution in [2.75, 3.05) is 17.7 Å². The molecule has 6 nitrogen and oxygen atoms in total. The third-order valence-electron chi connectivity index (χ3n) is 6.65. The average Bonchev–Trinajstić information content (AvgIpc) is 3.09. The molecule has 2 aliphatic carbocycles. The molecule has 0 aliphatic heterocycles. The number of nitrogen functional groups attached to an aromatic ring is 1. The molecule has 2 aromatic rings. The van der Waals surface area contributed by atoms with Gasteiger partial charge < -0.3 is 20.9 Å². The summed E-state index contributed by atoms with van der Waals surface area (Å²) < 4.78 is 0. The maximum atomic E-state index is 12.9. The van der Waals surface area contributed by atoms with E-state index in [0.717, 1.165) is 55.1 Å². The third kappa shape index (κ3) is 4.11. The van der Waals surface area contributed by atoms with Crippen molar-refractivity contribution in [3.05, 3.63) is 23.8 Å². The predicted octanol–water partition coefficient (Wildman–Crippen LogP) is 4.36. The van der Waals surface area contributed by atoms with Gasteiger partial charge in [0.15, 0.2) is 0 Å². The van der Waals surface area contributed by atoms with Crippen LogP contribution in [0.1, 0.15) is 74.6 Å². The first-order valence-electron chi connectivity index (χ1n) is 11.0. The van der Waals surface area contributed by atoms with Crippen LogP contribution in [0, 0.1) is 5.92 Å². The second-order valence-corrected chi connectivity index (χ2v) is 8.68. The summed E-state index contributed by atoms with van der Waals surface area (Å²) >= 11 is 0. The number of fused-ring (bicyclic) bond motifs is 1. The van der Waals surface area contributed by atoms with Gasteiger partial charge in [0.05, 0.1) is 5.56 Å². The van der Waals surface area contributed by atoms with E-state index in [1.807, 2.05) is 25.2 Å². The summed E-state index contributed by atoms with van der Waals surface area (Å²) in [6.07, 6.45) is 11.1. The smallest absolute Gasteiger partial charge is 0.255 e. The molecule has 2 amide bonds. The highest BCUT2D eigenvalue weighted by molar-refractivity contribution is 6.12. The maximum absolute atomic E-state index is 12.9. The summed E-state index contributed by atoms with van der Waals surface area (Å²) in [7, 11) is 1.83. The van der Waals surface area contributed by atoms with Crippen LogP contribution < -0.4 is 16.0 Å². The van der Waals surface area contributed by atoms with E-state index >= 15 is 0 Å². The quantitative estimate of drug-likeness (QED) is 0.717. The lowest BCUT2D eigenvalue weighted by molar-refractivity contribution is -0.123. The molecule has 156 valence electrons. The van der Waals surface area contributed by atoms with Gasteiger partial charge in [-0.25, -0.2) is 0 Å². The first-order chi connectivity index (χ1) is 14.0. The lowest BCUT2D eigenvalue weighted by Crippen LogP contribution is -2.36. The molecule has 6 heteroatoms. The number of carbonyl (C=O) groups is 2. The number of anilines is 2. The molecule has 4 N–H and O–H groups in total. The van der Waals surface area contributed by atoms with Gasteiger partial charge >= 0.3 is 0 Å². The molecule has 2 saturated carbocycles. The number of H-pyrrole nitrogens is 1. The number of benzene rings is 1. The molecule has 0 bridgehead atoms. The minimum Gasteiger partial charge on any atom is -0.385 e. The SMILES string of the molecule is CN(C(=O)C1CCCCC1)c1ccc2c(C(=O)NC3CCCCC3)c(N)[nH]c2c1. The van der Waals surface area contributed by atoms with Crippen LogP contribution in [0.5, 0.6) is 0 Å². The predicted molar refractivity (Wildman–Crippen MR) is 117 cm³/mol. The van der Waals surface area contributed by atoms with Crippen LogP contribution in [-0.4, -0.2) is 29.9 Å². The fourth-order valence-electron chi connectivity index (χ4n) is 4.91. The molecule has 2 fully saturated rings. The van der Waals surface area contributed by atoms with Crippen molar-refractivity contribution in [3.63, 3.8) is 0 Å². The first kappa shape index (κ1) is 19.8. The Morgan fingerprint density at radius 1 is 1.03 bits per heavy atom. The van der Waals surface area contributed by atoms with Crippen LogP contribution in [-0.2, 0) is 4.79 Å². The maximum Gasteiger partial charge on any atom is 0.255 e. The van der Waals surface area contributed by atoms with Crippen molar-refractivity contribution in [2.45, 2.75) is 70.3 Å². The van der Waals surface area contributed by atoms with Gasteiger partial charge in [0.1, 0.15) is 5.82 Å². The highest BCUT2D eigenvalue weighted by Gasteiger charge is 2.26. The second kappa shape index (κ2) is 8.47. The number of rotatable bonds is 4. The lowest BCUT2D eigenvalue weighted by Gasteiger charge is -2.26. The van der Waals surface area contributed by atoms with E-state index in [4.69, 9.17) is 5.73 Å². The molecule has 0 atom stereocenters. The number of aromatic amines is 1. The van der Waals surface area contributed by atoms with Crippen molar-refractivity contribution in [2.24, 2.45) is 5.92 Å². The minimum absolute atomic E-state index is 0.111. The van der Waals surface area contributed by atoms with E-state index in [9.17, 15) is 9.59 Å². The Morgan fingerprint density at radius 3 is 2.38 bits per heavy atom. The van der Waals surface area contributed by atoms with Crippen molar-refractivity contribution in [1.29, 1.82) is 0 Å². The zero-order valence-corrected chi connectivity index (χ0v) is 17.3. The molecule has 1 heterocycles. The van der Waals surface area contributed by atoms with E-state index in [-0.39, 0.29) is 23.8 Å². The molecule has 0 spiro atoms. The van der Waals surface area contributed by atoms with Crippen LogP contribution in [0.25, 0.3) is 10.9 Å². The van der Waals surface area contributed by atoms with Gasteiger partial charge in [-0.2, -0.15) is 0 Å². The zero-order chi connectivity index (χ0) is 20.4. The number of hydrogen-bond acceptors (Lipinski definition) is 3. The highest BCUT2D eigenvalue weighted by atomic mass is 16.2. The molecule has 2 aliphatic rings. The van der Waals surface area contributed by atoms with E-state index < -0.39 is 0 Å². The van der Waals surface area contributed by atoms with Crippen molar-refractivity contribution in [1.82, 2.24) is 10.3 Å². The lowest BCUT2D eigenvalue weighted by atomic mass is 9.88. The van der Waals surface area contributed by atoms with Gasteiger partial charge in [-0.1, -0.05) is 38.5 Å². The van der Waals surface area contributed by atoms with Crippen molar-refractivity contribution < 1.29 is 9.59 Å². The summed E-state index contributed by atoms with van der Waals surface area (Å²) in [6, 6.07) is 5.97. The standard InChI is InChI=1S/C23H32N4O2/c1-27(23(29)15-8-4-2-5-9-15)17-12-13-18-19(14-17)26-21(24)20(18)22(28)25-16-10-6-3-7-11-16/h12-16,26H,2-11,24H2,1H3,(H,25,28). The zero-order valence-electron chi connectivity index (χ0n) is 17.3. The molecule has 0 radical (unpaired) electrons. The first-order valence-corrected chi connectivity index (χ1v) is 11.0. The Morgan fingerprint density at radius 2 is 1.69 bits per heavy atom. The van der Waals surface area contributed by atoms with Gasteiger partial charge in [-0.3, -0.25) is 9.59 Å². The van der Waals surface area contributed by atoms with Gasteiger partial charge in [0, 0.05) is 35.6 Å². The Labute approximate surface area is 172 Å². The van der Waals surface area contributed by atoms with Gasteiger partial charge in [0.25, 0.3) is 5.91 Å². The van der Waals surface area contributed by atoms with Gasteiger partial charge in [0.2, 0.25) is 5.91 Å². The number of hydrogen-bond donors (Lipinski definition) is 3. The molecule has 4 rings (SSSR count). The monoisotopic (exact) mass is 396 g/mol. The number of nitrogens with zero attached hydrogens (tertiary/aromatic N) is 1. The summed E-state index contributed by atoms with van der Waals surface area (Å²) in [5, 5.41) is 3.95. The van der Waals surface area contributed by atoms with Gasteiger partial charge in [-0.05, 0) is 43.9 Å². The topological polar surface area (TPSA) is 91.2 Å². The van der Waals surface area contributed by atoms with E-state index in [2.05, 4.69) is 10.3 Å². The average molecular weight is 397 g/mol. The van der Waals surface area contributed by atoms with Crippen LogP contribution in [0.4, 0.5) is 11.5 Å². The molecular weight excluding hydrogens is 364 g/mol. The number of nitrogens with two attached hydrogens (primary N) is 1. The molecule has 0 saturated heterocycles. The summed E-state index contributed by atoms with van der Waals surface area (Å²) in [5.41, 5.74) is 8.29. The number of nitrogens with one attached hydrogen (secondary N) is 2. The minimum atomic E-state index is -0.111. The van der Waals surface area contributed by atoms with Crippen LogP contribution in [0.3, 0.4) is 0 Å². The van der Waals surface area contributed by atoms with Gasteiger partial charge in [-0.15, -0.1) is 0 Å². The van der Waals surface area contributed by atoms with E-state index in [0.29, 0.717) is 11.4 Å². The van der Waals surface area contributed by atoms with Crippen molar-refractivity contribution >= 4 is 34.2 Å². The number of amides is 2. The van der Waals surface area contributed by atoms with E-state index in [1.54, 1.807) is 4.90 Å². The summed E-state index contributed by atoms with van der Waals surface area (Å²) in [5.74, 6) is 0.570. The molecule has 0 unspecified atom stereocenters. The number of aromatic nitrogens is 1. The Kier molecular flexibility index (Phi) is 5.79. The summed E-state index contributed by atoms with van der Waals surface area (Å²) in [6.45, 7) is 0. The molecule has 1 aromatic carbocycles. The molecule has 29 heavy (non-hydrogen) atoms. The number of carbonyl (C=O) groups excluding carboxylic acids is 2. The largest absolute Gasteiger partial charge is 0.385 e.